The lowest BCUT2D eigenvalue weighted by Crippen LogP contribution is -2.35. The van der Waals surface area contributed by atoms with Crippen LogP contribution in [0, 0.1) is 6.92 Å². The van der Waals surface area contributed by atoms with Gasteiger partial charge < -0.3 is 14.8 Å². The maximum absolute atomic E-state index is 12.2. The number of imidazole rings is 1. The van der Waals surface area contributed by atoms with Crippen molar-refractivity contribution in [2.45, 2.75) is 31.7 Å². The van der Waals surface area contributed by atoms with Crippen LogP contribution in [0.5, 0.6) is 5.75 Å². The Morgan fingerprint density at radius 3 is 2.61 bits per heavy atom. The summed E-state index contributed by atoms with van der Waals surface area (Å²) in [5.74, 6) is -0.0242. The van der Waals surface area contributed by atoms with E-state index in [0.29, 0.717) is 11.7 Å². The van der Waals surface area contributed by atoms with Crippen LogP contribution in [0.4, 0.5) is 0 Å². The SMILES string of the molecule is COc1ccc(CNC(=O)C(C)OC(=O)CSc2nccn2-c2ccccc2C)cc1. The van der Waals surface area contributed by atoms with Gasteiger partial charge in [-0.2, -0.15) is 0 Å². The summed E-state index contributed by atoms with van der Waals surface area (Å²) in [5, 5.41) is 3.45. The molecule has 31 heavy (non-hydrogen) atoms. The highest BCUT2D eigenvalue weighted by molar-refractivity contribution is 7.99. The van der Waals surface area contributed by atoms with E-state index >= 15 is 0 Å². The molecule has 1 aromatic heterocycles. The van der Waals surface area contributed by atoms with Gasteiger partial charge in [-0.3, -0.25) is 14.2 Å². The highest BCUT2D eigenvalue weighted by atomic mass is 32.2. The molecule has 7 nitrogen and oxygen atoms in total. The van der Waals surface area contributed by atoms with Crippen molar-refractivity contribution in [2.75, 3.05) is 12.9 Å². The molecule has 0 fully saturated rings. The third-order valence-corrected chi connectivity index (χ3v) is 5.54. The minimum Gasteiger partial charge on any atom is -0.497 e. The summed E-state index contributed by atoms with van der Waals surface area (Å²) >= 11 is 1.27. The van der Waals surface area contributed by atoms with Crippen molar-refractivity contribution < 1.29 is 19.1 Å². The van der Waals surface area contributed by atoms with E-state index in [-0.39, 0.29) is 11.7 Å². The Morgan fingerprint density at radius 1 is 1.16 bits per heavy atom. The van der Waals surface area contributed by atoms with E-state index in [1.54, 1.807) is 20.2 Å². The predicted molar refractivity (Wildman–Crippen MR) is 119 cm³/mol. The van der Waals surface area contributed by atoms with Gasteiger partial charge in [0.05, 0.1) is 18.6 Å². The van der Waals surface area contributed by atoms with Crippen LogP contribution in [0.3, 0.4) is 0 Å². The highest BCUT2D eigenvalue weighted by Crippen LogP contribution is 2.22. The normalized spacial score (nSPS) is 11.6. The van der Waals surface area contributed by atoms with Crippen molar-refractivity contribution in [1.82, 2.24) is 14.9 Å². The zero-order valence-corrected chi connectivity index (χ0v) is 18.5. The van der Waals surface area contributed by atoms with Crippen LogP contribution in [-0.4, -0.2) is 40.4 Å². The maximum atomic E-state index is 12.2. The highest BCUT2D eigenvalue weighted by Gasteiger charge is 2.18. The van der Waals surface area contributed by atoms with Gasteiger partial charge in [0, 0.05) is 18.9 Å². The molecule has 1 atom stereocenters. The zero-order valence-electron chi connectivity index (χ0n) is 17.7. The largest absolute Gasteiger partial charge is 0.497 e. The average molecular weight is 440 g/mol. The molecule has 0 aliphatic heterocycles. The van der Waals surface area contributed by atoms with Gasteiger partial charge in [-0.1, -0.05) is 42.1 Å². The number of esters is 1. The van der Waals surface area contributed by atoms with Gasteiger partial charge >= 0.3 is 5.97 Å². The molecule has 0 spiro atoms. The lowest BCUT2D eigenvalue weighted by Gasteiger charge is -2.14. The van der Waals surface area contributed by atoms with E-state index in [2.05, 4.69) is 10.3 Å². The van der Waals surface area contributed by atoms with Gasteiger partial charge in [0.2, 0.25) is 0 Å². The van der Waals surface area contributed by atoms with Crippen molar-refractivity contribution >= 4 is 23.6 Å². The molecule has 1 amide bonds. The summed E-state index contributed by atoms with van der Waals surface area (Å²) in [5.41, 5.74) is 3.03. The van der Waals surface area contributed by atoms with Crippen molar-refractivity contribution in [3.8, 4) is 11.4 Å². The number of amides is 1. The minimum absolute atomic E-state index is 0.0546. The molecule has 0 bridgehead atoms. The Balaban J connectivity index is 1.48. The molecule has 1 N–H and O–H groups in total. The quantitative estimate of drug-likeness (QED) is 0.406. The Kier molecular flexibility index (Phi) is 7.72. The standard InChI is InChI=1S/C23H25N3O4S/c1-16-6-4-5-7-20(16)26-13-12-24-23(26)31-15-21(27)30-17(2)22(28)25-14-18-8-10-19(29-3)11-9-18/h4-13,17H,14-15H2,1-3H3,(H,25,28). The predicted octanol–water partition coefficient (Wildman–Crippen LogP) is 3.53. The average Bonchev–Trinajstić information content (AvgIpc) is 3.25. The smallest absolute Gasteiger partial charge is 0.317 e. The summed E-state index contributed by atoms with van der Waals surface area (Å²) in [6.45, 7) is 3.91. The molecule has 1 unspecified atom stereocenters. The lowest BCUT2D eigenvalue weighted by atomic mass is 10.2. The van der Waals surface area contributed by atoms with Crippen LogP contribution in [0.1, 0.15) is 18.1 Å². The number of nitrogens with zero attached hydrogens (tertiary/aromatic N) is 2. The van der Waals surface area contributed by atoms with Gasteiger partial charge in [0.25, 0.3) is 5.91 Å². The molecular weight excluding hydrogens is 414 g/mol. The fourth-order valence-electron chi connectivity index (χ4n) is 2.90. The fraction of sp³-hybridized carbons (Fsp3) is 0.261. The molecule has 0 radical (unpaired) electrons. The number of carbonyl (C=O) groups is 2. The van der Waals surface area contributed by atoms with Crippen molar-refractivity contribution in [2.24, 2.45) is 0 Å². The second-order valence-electron chi connectivity index (χ2n) is 6.85. The molecule has 1 heterocycles. The van der Waals surface area contributed by atoms with Crippen molar-refractivity contribution in [3.63, 3.8) is 0 Å². The van der Waals surface area contributed by atoms with E-state index < -0.39 is 12.1 Å². The topological polar surface area (TPSA) is 82.4 Å². The summed E-state index contributed by atoms with van der Waals surface area (Å²) in [7, 11) is 1.60. The third-order valence-electron chi connectivity index (χ3n) is 4.60. The summed E-state index contributed by atoms with van der Waals surface area (Å²) < 4.78 is 12.3. The second-order valence-corrected chi connectivity index (χ2v) is 7.80. The molecule has 0 saturated heterocycles. The number of carbonyl (C=O) groups excluding carboxylic acids is 2. The Morgan fingerprint density at radius 2 is 1.90 bits per heavy atom. The second kappa shape index (κ2) is 10.7. The fourth-order valence-corrected chi connectivity index (χ4v) is 3.65. The number of para-hydroxylation sites is 1. The first-order chi connectivity index (χ1) is 15.0. The van der Waals surface area contributed by atoms with Crippen LogP contribution in [0.25, 0.3) is 5.69 Å². The number of hydrogen-bond donors (Lipinski definition) is 1. The number of ether oxygens (including phenoxy) is 2. The summed E-state index contributed by atoms with van der Waals surface area (Å²) in [4.78, 5) is 28.8. The van der Waals surface area contributed by atoms with Crippen LogP contribution in [-0.2, 0) is 20.9 Å². The van der Waals surface area contributed by atoms with E-state index in [1.165, 1.54) is 11.8 Å². The first kappa shape index (κ1) is 22.4. The molecule has 8 heteroatoms. The van der Waals surface area contributed by atoms with Gasteiger partial charge in [0.1, 0.15) is 5.75 Å². The molecule has 2 aromatic carbocycles. The van der Waals surface area contributed by atoms with Crippen LogP contribution < -0.4 is 10.1 Å². The third kappa shape index (κ3) is 6.11. The van der Waals surface area contributed by atoms with E-state index in [1.807, 2.05) is 66.2 Å². The van der Waals surface area contributed by atoms with Gasteiger partial charge in [-0.15, -0.1) is 0 Å². The lowest BCUT2D eigenvalue weighted by molar-refractivity contribution is -0.152. The molecule has 3 rings (SSSR count). The van der Waals surface area contributed by atoms with Crippen LogP contribution >= 0.6 is 11.8 Å². The van der Waals surface area contributed by atoms with Crippen LogP contribution in [0.2, 0.25) is 0 Å². The number of methoxy groups -OCH3 is 1. The maximum Gasteiger partial charge on any atom is 0.317 e. The van der Waals surface area contributed by atoms with Gasteiger partial charge in [-0.05, 0) is 43.2 Å². The van der Waals surface area contributed by atoms with E-state index in [9.17, 15) is 9.59 Å². The Labute approximate surface area is 185 Å². The number of nitrogens with one attached hydrogen (secondary N) is 1. The number of aromatic nitrogens is 2. The molecule has 0 aliphatic rings. The summed E-state index contributed by atoms with van der Waals surface area (Å²) in [6.07, 6.45) is 2.66. The number of benzene rings is 2. The van der Waals surface area contributed by atoms with Crippen molar-refractivity contribution in [1.29, 1.82) is 0 Å². The van der Waals surface area contributed by atoms with E-state index in [0.717, 1.165) is 22.6 Å². The molecule has 0 saturated carbocycles. The zero-order chi connectivity index (χ0) is 22.2. The number of aryl methyl sites for hydroxylation is 1. The van der Waals surface area contributed by atoms with E-state index in [4.69, 9.17) is 9.47 Å². The number of rotatable bonds is 9. The minimum atomic E-state index is -0.887. The number of thioether (sulfide) groups is 1. The van der Waals surface area contributed by atoms with Crippen LogP contribution in [0.15, 0.2) is 66.1 Å². The molecule has 3 aromatic rings. The molecular formula is C23H25N3O4S. The molecule has 162 valence electrons. The Bertz CT molecular complexity index is 1030. The van der Waals surface area contributed by atoms with Crippen molar-refractivity contribution in [3.05, 3.63) is 72.1 Å². The Hall–Kier alpha value is -3.26. The van der Waals surface area contributed by atoms with Gasteiger partial charge in [-0.25, -0.2) is 4.98 Å². The first-order valence-electron chi connectivity index (χ1n) is 9.80. The number of hydrogen-bond acceptors (Lipinski definition) is 6. The first-order valence-corrected chi connectivity index (χ1v) is 10.8. The summed E-state index contributed by atoms with van der Waals surface area (Å²) in [6, 6.07) is 15.3. The molecule has 0 aliphatic carbocycles. The monoisotopic (exact) mass is 439 g/mol. The van der Waals surface area contributed by atoms with Gasteiger partial charge in [0.15, 0.2) is 11.3 Å².